The number of rotatable bonds is 6. The van der Waals surface area contributed by atoms with Gasteiger partial charge in [-0.05, 0) is 44.0 Å². The van der Waals surface area contributed by atoms with Crippen molar-refractivity contribution in [2.45, 2.75) is 38.6 Å². The van der Waals surface area contributed by atoms with E-state index in [1.807, 2.05) is 6.92 Å². The van der Waals surface area contributed by atoms with Crippen LogP contribution in [0.3, 0.4) is 0 Å². The summed E-state index contributed by atoms with van der Waals surface area (Å²) >= 11 is 0. The van der Waals surface area contributed by atoms with Crippen LogP contribution in [0, 0.1) is 11.6 Å². The molecular formula is C20H24F2N2O5. The summed E-state index contributed by atoms with van der Waals surface area (Å²) in [5.41, 5.74) is 1.20. The van der Waals surface area contributed by atoms with Gasteiger partial charge in [-0.1, -0.05) is 6.07 Å². The van der Waals surface area contributed by atoms with Crippen LogP contribution < -0.4 is 10.1 Å². The molecule has 1 aliphatic heterocycles. The third-order valence-electron chi connectivity index (χ3n) is 4.04. The minimum Gasteiger partial charge on any atom is -0.488 e. The smallest absolute Gasteiger partial charge is 0.253 e. The number of anilines is 1. The zero-order valence-electron chi connectivity index (χ0n) is 16.0. The summed E-state index contributed by atoms with van der Waals surface area (Å²) in [6, 6.07) is 7.03. The van der Waals surface area contributed by atoms with Crippen molar-refractivity contribution >= 4 is 11.6 Å². The summed E-state index contributed by atoms with van der Waals surface area (Å²) < 4.78 is 35.4. The van der Waals surface area contributed by atoms with Crippen LogP contribution in [0.15, 0.2) is 36.5 Å². The normalized spacial score (nSPS) is 18.0. The number of nitrogens with zero attached hydrogens (tertiary/aromatic N) is 1. The van der Waals surface area contributed by atoms with Gasteiger partial charge in [0.15, 0.2) is 11.6 Å². The van der Waals surface area contributed by atoms with Crippen LogP contribution in [0.5, 0.6) is 5.75 Å². The van der Waals surface area contributed by atoms with Gasteiger partial charge < -0.3 is 25.0 Å². The van der Waals surface area contributed by atoms with Gasteiger partial charge >= 0.3 is 0 Å². The minimum atomic E-state index is -1.02. The Balaban J connectivity index is 0.000000221. The molecule has 1 fully saturated rings. The Labute approximate surface area is 167 Å². The molecule has 1 saturated heterocycles. The molecule has 158 valence electrons. The van der Waals surface area contributed by atoms with E-state index in [2.05, 4.69) is 10.3 Å². The second-order valence-electron chi connectivity index (χ2n) is 6.32. The van der Waals surface area contributed by atoms with Gasteiger partial charge in [0.25, 0.3) is 5.91 Å². The van der Waals surface area contributed by atoms with Gasteiger partial charge in [-0.15, -0.1) is 0 Å². The van der Waals surface area contributed by atoms with Crippen LogP contribution in [-0.4, -0.2) is 46.5 Å². The molecule has 0 spiro atoms. The molecule has 1 aliphatic rings. The first-order valence-corrected chi connectivity index (χ1v) is 9.14. The van der Waals surface area contributed by atoms with E-state index in [0.717, 1.165) is 18.9 Å². The Morgan fingerprint density at radius 2 is 2.07 bits per heavy atom. The van der Waals surface area contributed by atoms with Crippen LogP contribution in [0.2, 0.25) is 0 Å². The van der Waals surface area contributed by atoms with Crippen molar-refractivity contribution in [1.29, 1.82) is 0 Å². The van der Waals surface area contributed by atoms with E-state index in [1.165, 1.54) is 18.3 Å². The van der Waals surface area contributed by atoms with Crippen molar-refractivity contribution in [3.8, 4) is 5.75 Å². The highest BCUT2D eigenvalue weighted by Crippen LogP contribution is 2.20. The molecule has 1 amide bonds. The molecule has 0 saturated carbocycles. The first-order valence-electron chi connectivity index (χ1n) is 9.14. The zero-order chi connectivity index (χ0) is 21.2. The summed E-state index contributed by atoms with van der Waals surface area (Å²) in [6.45, 7) is 1.60. The summed E-state index contributed by atoms with van der Waals surface area (Å²) in [5.74, 6) is -2.28. The zero-order valence-corrected chi connectivity index (χ0v) is 16.0. The van der Waals surface area contributed by atoms with Gasteiger partial charge in [-0.25, -0.2) is 4.39 Å². The molecule has 2 unspecified atom stereocenters. The standard InChI is InChI=1S/C12H16N2O3.C8H8F2O2/c1-8-2-5-11(17-8)12(16)14-9-3-4-10(7-15)13-6-9;9-6-2-1-3-7(8(6)10)12-5-4-11/h3-4,6,8,11,15H,2,5,7H2,1H3,(H,14,16);1-3,11H,4-5H2. The number of ether oxygens (including phenoxy) is 2. The largest absolute Gasteiger partial charge is 0.488 e. The van der Waals surface area contributed by atoms with Crippen molar-refractivity contribution in [2.75, 3.05) is 18.5 Å². The van der Waals surface area contributed by atoms with Crippen LogP contribution in [0.1, 0.15) is 25.5 Å². The minimum absolute atomic E-state index is 0.0413. The van der Waals surface area contributed by atoms with E-state index >= 15 is 0 Å². The van der Waals surface area contributed by atoms with E-state index in [-0.39, 0.29) is 43.7 Å². The fourth-order valence-electron chi connectivity index (χ4n) is 2.56. The molecule has 3 N–H and O–H groups in total. The van der Waals surface area contributed by atoms with Crippen molar-refractivity contribution in [3.63, 3.8) is 0 Å². The van der Waals surface area contributed by atoms with Gasteiger partial charge in [-0.2, -0.15) is 4.39 Å². The highest BCUT2D eigenvalue weighted by molar-refractivity contribution is 5.94. The number of pyridine rings is 1. The van der Waals surface area contributed by atoms with Crippen molar-refractivity contribution in [3.05, 3.63) is 53.9 Å². The lowest BCUT2D eigenvalue weighted by Gasteiger charge is -2.11. The number of hydrogen-bond acceptors (Lipinski definition) is 6. The SMILES string of the molecule is CC1CCC(C(=O)Nc2ccc(CO)nc2)O1.OCCOc1cccc(F)c1F. The lowest BCUT2D eigenvalue weighted by molar-refractivity contribution is -0.126. The fourth-order valence-corrected chi connectivity index (χ4v) is 2.56. The van der Waals surface area contributed by atoms with Crippen LogP contribution in [0.25, 0.3) is 0 Å². The molecule has 1 aromatic carbocycles. The maximum Gasteiger partial charge on any atom is 0.253 e. The number of nitrogens with one attached hydrogen (secondary N) is 1. The summed E-state index contributed by atoms with van der Waals surface area (Å²) in [4.78, 5) is 15.8. The van der Waals surface area contributed by atoms with Crippen molar-refractivity contribution in [2.24, 2.45) is 0 Å². The summed E-state index contributed by atoms with van der Waals surface area (Å²) in [5, 5.41) is 19.9. The van der Waals surface area contributed by atoms with Crippen molar-refractivity contribution in [1.82, 2.24) is 4.98 Å². The van der Waals surface area contributed by atoms with E-state index in [4.69, 9.17) is 19.7 Å². The van der Waals surface area contributed by atoms with E-state index in [1.54, 1.807) is 12.1 Å². The number of benzene rings is 1. The molecule has 2 aromatic rings. The first-order chi connectivity index (χ1) is 13.9. The van der Waals surface area contributed by atoms with Crippen LogP contribution in [-0.2, 0) is 16.1 Å². The molecule has 2 atom stereocenters. The molecule has 29 heavy (non-hydrogen) atoms. The molecule has 9 heteroatoms. The Kier molecular flexibility index (Phi) is 8.91. The average Bonchev–Trinajstić information content (AvgIpc) is 3.17. The average molecular weight is 410 g/mol. The fraction of sp³-hybridized carbons (Fsp3) is 0.400. The van der Waals surface area contributed by atoms with E-state index < -0.39 is 11.6 Å². The predicted octanol–water partition coefficient (Wildman–Crippen LogP) is 2.42. The van der Waals surface area contributed by atoms with Gasteiger partial charge in [0.05, 0.1) is 36.9 Å². The summed E-state index contributed by atoms with van der Waals surface area (Å²) in [7, 11) is 0. The third kappa shape index (κ3) is 7.04. The number of aliphatic hydroxyl groups excluding tert-OH is 2. The number of aliphatic hydroxyl groups is 2. The molecule has 2 heterocycles. The molecule has 3 rings (SSSR count). The number of halogens is 2. The van der Waals surface area contributed by atoms with Crippen molar-refractivity contribution < 1.29 is 33.3 Å². The number of hydrogen-bond donors (Lipinski definition) is 3. The Hall–Kier alpha value is -2.62. The Morgan fingerprint density at radius 3 is 2.66 bits per heavy atom. The lowest BCUT2D eigenvalue weighted by atomic mass is 10.2. The lowest BCUT2D eigenvalue weighted by Crippen LogP contribution is -2.27. The molecular weight excluding hydrogens is 386 g/mol. The number of amides is 1. The second-order valence-corrected chi connectivity index (χ2v) is 6.32. The molecule has 0 aliphatic carbocycles. The molecule has 1 aromatic heterocycles. The quantitative estimate of drug-likeness (QED) is 0.676. The van der Waals surface area contributed by atoms with Gasteiger partial charge in [0.2, 0.25) is 5.82 Å². The monoisotopic (exact) mass is 410 g/mol. The highest BCUT2D eigenvalue weighted by Gasteiger charge is 2.28. The highest BCUT2D eigenvalue weighted by atomic mass is 19.2. The second kappa shape index (κ2) is 11.4. The van der Waals surface area contributed by atoms with Gasteiger partial charge in [0, 0.05) is 0 Å². The van der Waals surface area contributed by atoms with Gasteiger partial charge in [-0.3, -0.25) is 9.78 Å². The van der Waals surface area contributed by atoms with E-state index in [0.29, 0.717) is 11.4 Å². The molecule has 0 bridgehead atoms. The topological polar surface area (TPSA) is 101 Å². The van der Waals surface area contributed by atoms with Gasteiger partial charge in [0.1, 0.15) is 12.7 Å². The Morgan fingerprint density at radius 1 is 1.28 bits per heavy atom. The van der Waals surface area contributed by atoms with Crippen LogP contribution in [0.4, 0.5) is 14.5 Å². The third-order valence-corrected chi connectivity index (χ3v) is 4.04. The maximum atomic E-state index is 12.7. The molecule has 7 nitrogen and oxygen atoms in total. The van der Waals surface area contributed by atoms with E-state index in [9.17, 15) is 13.6 Å². The van der Waals surface area contributed by atoms with Crippen LogP contribution >= 0.6 is 0 Å². The predicted molar refractivity (Wildman–Crippen MR) is 101 cm³/mol. The number of aromatic nitrogens is 1. The number of carbonyl (C=O) groups excluding carboxylic acids is 1. The molecule has 0 radical (unpaired) electrons. The summed E-state index contributed by atoms with van der Waals surface area (Å²) in [6.07, 6.45) is 3.00. The maximum absolute atomic E-state index is 12.7. The first kappa shape index (κ1) is 22.7. The Bertz CT molecular complexity index is 789. The number of carbonyl (C=O) groups is 1.